The molecule has 0 aliphatic heterocycles. The molecule has 0 radical (unpaired) electrons. The van der Waals surface area contributed by atoms with Crippen LogP contribution >= 0.6 is 31.9 Å². The molecule has 0 bridgehead atoms. The summed E-state index contributed by atoms with van der Waals surface area (Å²) < 4.78 is 18.5. The molecule has 2 aromatic carbocycles. The molecule has 0 heterocycles. The molecule has 5 heteroatoms. The first kappa shape index (κ1) is 16.3. The van der Waals surface area contributed by atoms with Crippen LogP contribution in [-0.4, -0.2) is 14.2 Å². The van der Waals surface area contributed by atoms with Crippen LogP contribution in [0.15, 0.2) is 45.3 Å². The van der Waals surface area contributed by atoms with Crippen LogP contribution in [0.2, 0.25) is 0 Å². The van der Waals surface area contributed by atoms with E-state index in [1.54, 1.807) is 14.2 Å². The van der Waals surface area contributed by atoms with E-state index >= 15 is 0 Å². The van der Waals surface area contributed by atoms with Crippen LogP contribution in [-0.2, 0) is 18.0 Å². The van der Waals surface area contributed by atoms with Crippen molar-refractivity contribution in [3.63, 3.8) is 0 Å². The van der Waals surface area contributed by atoms with Gasteiger partial charge >= 0.3 is 0 Å². The number of hydrogen-bond donors (Lipinski definition) is 0. The molecule has 0 amide bonds. The van der Waals surface area contributed by atoms with Gasteiger partial charge in [0.25, 0.3) is 0 Å². The maximum Gasteiger partial charge on any atom is 0.124 e. The van der Waals surface area contributed by atoms with E-state index in [2.05, 4.69) is 31.9 Å². The molecule has 0 N–H and O–H groups in total. The smallest absolute Gasteiger partial charge is 0.124 e. The molecular weight excluding hydrogens is 400 g/mol. The SMILES string of the molecule is COc1ccc(Br)cc1COCc1cc(Br)ccc1OC. The Kier molecular flexibility index (Phi) is 6.08. The lowest BCUT2D eigenvalue weighted by molar-refractivity contribution is 0.103. The summed E-state index contributed by atoms with van der Waals surface area (Å²) in [7, 11) is 3.31. The van der Waals surface area contributed by atoms with E-state index < -0.39 is 0 Å². The van der Waals surface area contributed by atoms with Crippen LogP contribution in [0, 0.1) is 0 Å². The maximum absolute atomic E-state index is 5.80. The van der Waals surface area contributed by atoms with Gasteiger partial charge in [-0.15, -0.1) is 0 Å². The molecule has 0 aromatic heterocycles. The number of methoxy groups -OCH3 is 2. The van der Waals surface area contributed by atoms with Gasteiger partial charge < -0.3 is 14.2 Å². The van der Waals surface area contributed by atoms with Gasteiger partial charge in [0, 0.05) is 20.1 Å². The molecule has 112 valence electrons. The van der Waals surface area contributed by atoms with Crippen LogP contribution in [0.5, 0.6) is 11.5 Å². The standard InChI is InChI=1S/C16H16Br2O3/c1-19-15-5-3-13(17)7-11(15)9-21-10-12-8-14(18)4-6-16(12)20-2/h3-8H,9-10H2,1-2H3. The zero-order chi connectivity index (χ0) is 15.2. The van der Waals surface area contributed by atoms with Crippen molar-refractivity contribution in [3.8, 4) is 11.5 Å². The fourth-order valence-corrected chi connectivity index (χ4v) is 2.81. The Morgan fingerprint density at radius 3 is 1.57 bits per heavy atom. The van der Waals surface area contributed by atoms with Crippen molar-refractivity contribution < 1.29 is 14.2 Å². The first-order valence-electron chi connectivity index (χ1n) is 6.36. The van der Waals surface area contributed by atoms with Gasteiger partial charge in [0.1, 0.15) is 11.5 Å². The third-order valence-electron chi connectivity index (χ3n) is 3.00. The second-order valence-electron chi connectivity index (χ2n) is 4.41. The fourth-order valence-electron chi connectivity index (χ4n) is 1.99. The average molecular weight is 416 g/mol. The van der Waals surface area contributed by atoms with E-state index in [0.717, 1.165) is 31.6 Å². The summed E-state index contributed by atoms with van der Waals surface area (Å²) in [6.45, 7) is 0.941. The van der Waals surface area contributed by atoms with Gasteiger partial charge in [0.05, 0.1) is 27.4 Å². The van der Waals surface area contributed by atoms with E-state index in [-0.39, 0.29) is 0 Å². The third kappa shape index (κ3) is 4.46. The topological polar surface area (TPSA) is 27.7 Å². The number of hydrogen-bond acceptors (Lipinski definition) is 3. The molecule has 0 saturated carbocycles. The molecule has 2 rings (SSSR count). The van der Waals surface area contributed by atoms with Crippen molar-refractivity contribution in [2.75, 3.05) is 14.2 Å². The summed E-state index contributed by atoms with van der Waals surface area (Å²) in [5.41, 5.74) is 2.00. The first-order valence-corrected chi connectivity index (χ1v) is 7.95. The Bertz CT molecular complexity index is 561. The predicted octanol–water partition coefficient (Wildman–Crippen LogP) is 4.95. The summed E-state index contributed by atoms with van der Waals surface area (Å²) in [5, 5.41) is 0. The van der Waals surface area contributed by atoms with Crippen molar-refractivity contribution in [3.05, 3.63) is 56.5 Å². The van der Waals surface area contributed by atoms with Gasteiger partial charge in [-0.25, -0.2) is 0 Å². The monoisotopic (exact) mass is 414 g/mol. The lowest BCUT2D eigenvalue weighted by Crippen LogP contribution is -1.99. The Morgan fingerprint density at radius 2 is 1.19 bits per heavy atom. The molecule has 0 aliphatic rings. The Balaban J connectivity index is 2.05. The number of rotatable bonds is 6. The first-order chi connectivity index (χ1) is 10.1. The highest BCUT2D eigenvalue weighted by Crippen LogP contribution is 2.26. The minimum absolute atomic E-state index is 0.471. The lowest BCUT2D eigenvalue weighted by atomic mass is 10.2. The molecule has 0 aliphatic carbocycles. The van der Waals surface area contributed by atoms with Gasteiger partial charge in [0.15, 0.2) is 0 Å². The van der Waals surface area contributed by atoms with Gasteiger partial charge in [0.2, 0.25) is 0 Å². The molecule has 2 aromatic rings. The van der Waals surface area contributed by atoms with Crippen LogP contribution < -0.4 is 9.47 Å². The molecule has 3 nitrogen and oxygen atoms in total. The molecule has 0 fully saturated rings. The normalized spacial score (nSPS) is 10.5. The summed E-state index contributed by atoms with van der Waals surface area (Å²) in [5.74, 6) is 1.64. The van der Waals surface area contributed by atoms with Crippen LogP contribution in [0.4, 0.5) is 0 Å². The predicted molar refractivity (Wildman–Crippen MR) is 89.9 cm³/mol. The summed E-state index contributed by atoms with van der Waals surface area (Å²) in [4.78, 5) is 0. The molecule has 21 heavy (non-hydrogen) atoms. The molecule has 0 unspecified atom stereocenters. The van der Waals surface area contributed by atoms with E-state index in [1.165, 1.54) is 0 Å². The Hall–Kier alpha value is -1.04. The number of halogens is 2. The minimum Gasteiger partial charge on any atom is -0.496 e. The summed E-state index contributed by atoms with van der Waals surface area (Å²) >= 11 is 6.91. The minimum atomic E-state index is 0.471. The molecule has 0 saturated heterocycles. The highest BCUT2D eigenvalue weighted by molar-refractivity contribution is 9.10. The lowest BCUT2D eigenvalue weighted by Gasteiger charge is -2.12. The summed E-state index contributed by atoms with van der Waals surface area (Å²) in [6, 6.07) is 11.7. The zero-order valence-corrected chi connectivity index (χ0v) is 15.0. The second-order valence-corrected chi connectivity index (χ2v) is 6.24. The van der Waals surface area contributed by atoms with Crippen molar-refractivity contribution >= 4 is 31.9 Å². The van der Waals surface area contributed by atoms with Crippen LogP contribution in [0.1, 0.15) is 11.1 Å². The van der Waals surface area contributed by atoms with Crippen LogP contribution in [0.25, 0.3) is 0 Å². The van der Waals surface area contributed by atoms with E-state index in [1.807, 2.05) is 36.4 Å². The highest BCUT2D eigenvalue weighted by Gasteiger charge is 2.07. The third-order valence-corrected chi connectivity index (χ3v) is 3.99. The zero-order valence-electron chi connectivity index (χ0n) is 11.9. The van der Waals surface area contributed by atoms with Gasteiger partial charge in [-0.2, -0.15) is 0 Å². The van der Waals surface area contributed by atoms with Crippen molar-refractivity contribution in [2.24, 2.45) is 0 Å². The van der Waals surface area contributed by atoms with Gasteiger partial charge in [-0.3, -0.25) is 0 Å². The van der Waals surface area contributed by atoms with Crippen molar-refractivity contribution in [1.29, 1.82) is 0 Å². The van der Waals surface area contributed by atoms with Crippen molar-refractivity contribution in [1.82, 2.24) is 0 Å². The molecule has 0 spiro atoms. The van der Waals surface area contributed by atoms with Crippen molar-refractivity contribution in [2.45, 2.75) is 13.2 Å². The van der Waals surface area contributed by atoms with Gasteiger partial charge in [-0.05, 0) is 36.4 Å². The maximum atomic E-state index is 5.80. The van der Waals surface area contributed by atoms with E-state index in [0.29, 0.717) is 13.2 Å². The van der Waals surface area contributed by atoms with E-state index in [9.17, 15) is 0 Å². The largest absolute Gasteiger partial charge is 0.496 e. The number of benzene rings is 2. The Labute approximate surface area is 141 Å². The van der Waals surface area contributed by atoms with Gasteiger partial charge in [-0.1, -0.05) is 31.9 Å². The average Bonchev–Trinajstić information content (AvgIpc) is 2.48. The summed E-state index contributed by atoms with van der Waals surface area (Å²) in [6.07, 6.45) is 0. The van der Waals surface area contributed by atoms with E-state index in [4.69, 9.17) is 14.2 Å². The fraction of sp³-hybridized carbons (Fsp3) is 0.250. The molecular formula is C16H16Br2O3. The van der Waals surface area contributed by atoms with Crippen LogP contribution in [0.3, 0.4) is 0 Å². The quantitative estimate of drug-likeness (QED) is 0.668. The number of ether oxygens (including phenoxy) is 3. The highest BCUT2D eigenvalue weighted by atomic mass is 79.9. The second kappa shape index (κ2) is 7.82. The Morgan fingerprint density at radius 1 is 0.762 bits per heavy atom. The molecule has 0 atom stereocenters.